The van der Waals surface area contributed by atoms with Crippen LogP contribution in [0.25, 0.3) is 0 Å². The van der Waals surface area contributed by atoms with Crippen LogP contribution in [0.15, 0.2) is 89.9 Å². The predicted octanol–water partition coefficient (Wildman–Crippen LogP) is 0.602. The van der Waals surface area contributed by atoms with Crippen molar-refractivity contribution < 1.29 is 43.7 Å². The van der Waals surface area contributed by atoms with Gasteiger partial charge in [-0.05, 0) is 67.5 Å². The second-order valence-corrected chi connectivity index (χ2v) is 12.8. The lowest BCUT2D eigenvalue weighted by atomic mass is 10.0. The molecule has 0 bridgehead atoms. The number of hydrogen-bond donors (Lipinski definition) is 9. The van der Waals surface area contributed by atoms with E-state index < -0.39 is 60.6 Å². The third-order valence-corrected chi connectivity index (χ3v) is 8.36. The summed E-state index contributed by atoms with van der Waals surface area (Å²) in [5, 5.41) is 30.2. The number of unbranched alkanes of at least 4 members (excludes halogenated alkanes) is 1. The highest BCUT2D eigenvalue weighted by Crippen LogP contribution is 2.13. The minimum Gasteiger partial charge on any atom is -0.508 e. The molecular formula is C39H52N8O9. The zero-order valence-corrected chi connectivity index (χ0v) is 31.1. The molecule has 3 aromatic carbocycles. The molecule has 0 saturated carbocycles. The number of ether oxygens (including phenoxy) is 2. The van der Waals surface area contributed by atoms with Crippen LogP contribution in [0, 0.1) is 0 Å². The van der Waals surface area contributed by atoms with Gasteiger partial charge in [-0.25, -0.2) is 9.59 Å². The highest BCUT2D eigenvalue weighted by molar-refractivity contribution is 5.95. The highest BCUT2D eigenvalue weighted by atomic mass is 16.5. The molecule has 0 radical (unpaired) electrons. The number of nitrogens with two attached hydrogens (primary N) is 3. The number of nitrogens with one attached hydrogen (secondary N) is 4. The average molecular weight is 777 g/mol. The van der Waals surface area contributed by atoms with Crippen LogP contribution in [0.1, 0.15) is 48.8 Å². The van der Waals surface area contributed by atoms with Crippen molar-refractivity contribution in [2.45, 2.75) is 75.9 Å². The molecule has 3 aromatic rings. The first-order chi connectivity index (χ1) is 27.0. The fourth-order valence-corrected chi connectivity index (χ4v) is 5.34. The molecule has 302 valence electrons. The Morgan fingerprint density at radius 2 is 1.14 bits per heavy atom. The summed E-state index contributed by atoms with van der Waals surface area (Å²) in [4.78, 5) is 71.0. The van der Waals surface area contributed by atoms with E-state index in [0.717, 1.165) is 5.56 Å². The molecule has 0 spiro atoms. The Morgan fingerprint density at radius 3 is 1.71 bits per heavy atom. The van der Waals surface area contributed by atoms with Gasteiger partial charge >= 0.3 is 12.1 Å². The second kappa shape index (κ2) is 24.3. The Morgan fingerprint density at radius 1 is 0.625 bits per heavy atom. The minimum absolute atomic E-state index is 0.0119. The number of hydrogen-bond acceptors (Lipinski definition) is 11. The minimum atomic E-state index is -1.46. The van der Waals surface area contributed by atoms with E-state index in [2.05, 4.69) is 26.3 Å². The van der Waals surface area contributed by atoms with E-state index in [1.165, 1.54) is 12.1 Å². The van der Waals surface area contributed by atoms with Gasteiger partial charge in [-0.15, -0.1) is 0 Å². The summed E-state index contributed by atoms with van der Waals surface area (Å²) in [6.45, 7) is -0.470. The van der Waals surface area contributed by atoms with Gasteiger partial charge in [-0.2, -0.15) is 0 Å². The molecule has 3 rings (SSSR count). The highest BCUT2D eigenvalue weighted by Gasteiger charge is 2.32. The van der Waals surface area contributed by atoms with Crippen molar-refractivity contribution in [1.29, 1.82) is 0 Å². The van der Waals surface area contributed by atoms with Gasteiger partial charge in [0.2, 0.25) is 17.7 Å². The summed E-state index contributed by atoms with van der Waals surface area (Å²) in [5.41, 5.74) is 18.5. The van der Waals surface area contributed by atoms with E-state index in [1.54, 1.807) is 66.7 Å². The summed E-state index contributed by atoms with van der Waals surface area (Å²) < 4.78 is 10.6. The molecule has 12 N–H and O–H groups in total. The van der Waals surface area contributed by atoms with Crippen LogP contribution >= 0.6 is 0 Å². The van der Waals surface area contributed by atoms with E-state index in [0.29, 0.717) is 30.5 Å². The summed E-state index contributed by atoms with van der Waals surface area (Å²) in [7, 11) is 0. The second-order valence-electron chi connectivity index (χ2n) is 12.8. The lowest BCUT2D eigenvalue weighted by molar-refractivity contribution is -0.150. The molecule has 0 aliphatic carbocycles. The maximum atomic E-state index is 14.0. The maximum Gasteiger partial charge on any atom is 0.408 e. The monoisotopic (exact) mass is 776 g/mol. The lowest BCUT2D eigenvalue weighted by Gasteiger charge is -2.26. The lowest BCUT2D eigenvalue weighted by Crippen LogP contribution is -2.58. The van der Waals surface area contributed by atoms with Crippen molar-refractivity contribution >= 4 is 35.7 Å². The van der Waals surface area contributed by atoms with Gasteiger partial charge < -0.3 is 58.2 Å². The number of aromatic hydroxyl groups is 1. The van der Waals surface area contributed by atoms with Crippen molar-refractivity contribution in [3.63, 3.8) is 0 Å². The number of carbonyl (C=O) groups is 5. The average Bonchev–Trinajstić information content (AvgIpc) is 3.20. The largest absolute Gasteiger partial charge is 0.508 e. The molecule has 0 aliphatic rings. The van der Waals surface area contributed by atoms with Gasteiger partial charge in [0.25, 0.3) is 0 Å². The Kier molecular flexibility index (Phi) is 19.1. The Hall–Kier alpha value is -6.20. The molecule has 0 aliphatic heterocycles. The zero-order chi connectivity index (χ0) is 40.7. The first-order valence-electron chi connectivity index (χ1n) is 18.2. The number of guanidine groups is 1. The van der Waals surface area contributed by atoms with Crippen molar-refractivity contribution in [3.05, 3.63) is 102 Å². The van der Waals surface area contributed by atoms with E-state index in [9.17, 15) is 34.2 Å². The van der Waals surface area contributed by atoms with Gasteiger partial charge in [0.15, 0.2) is 12.0 Å². The van der Waals surface area contributed by atoms with Crippen molar-refractivity contribution in [3.8, 4) is 5.75 Å². The van der Waals surface area contributed by atoms with Crippen LogP contribution in [0.3, 0.4) is 0 Å². The Bertz CT molecular complexity index is 1710. The third-order valence-electron chi connectivity index (χ3n) is 8.36. The number of nitrogens with zero attached hydrogens (tertiary/aromatic N) is 1. The van der Waals surface area contributed by atoms with Crippen molar-refractivity contribution in [2.75, 3.05) is 19.7 Å². The maximum absolute atomic E-state index is 14.0. The van der Waals surface area contributed by atoms with Crippen molar-refractivity contribution in [2.24, 2.45) is 22.2 Å². The van der Waals surface area contributed by atoms with Crippen LogP contribution in [-0.2, 0) is 48.3 Å². The van der Waals surface area contributed by atoms with Crippen LogP contribution < -0.4 is 38.5 Å². The van der Waals surface area contributed by atoms with Gasteiger partial charge in [0, 0.05) is 13.0 Å². The molecule has 0 aromatic heterocycles. The quantitative estimate of drug-likeness (QED) is 0.0277. The van der Waals surface area contributed by atoms with Crippen LogP contribution in [0.5, 0.6) is 5.75 Å². The number of benzene rings is 3. The van der Waals surface area contributed by atoms with Crippen LogP contribution in [0.4, 0.5) is 4.79 Å². The van der Waals surface area contributed by atoms with Crippen molar-refractivity contribution in [1.82, 2.24) is 21.3 Å². The third kappa shape index (κ3) is 16.4. The van der Waals surface area contributed by atoms with E-state index in [4.69, 9.17) is 26.7 Å². The molecule has 4 atom stereocenters. The van der Waals surface area contributed by atoms with Gasteiger partial charge in [0.1, 0.15) is 37.1 Å². The summed E-state index contributed by atoms with van der Waals surface area (Å²) in [6.07, 6.45) is 0.482. The number of rotatable bonds is 23. The number of phenolic OH excluding ortho intramolecular Hbond substituents is 1. The molecule has 56 heavy (non-hydrogen) atoms. The molecule has 17 nitrogen and oxygen atoms in total. The van der Waals surface area contributed by atoms with Gasteiger partial charge in [-0.3, -0.25) is 19.4 Å². The number of alkyl carbamates (subject to hydrolysis) is 1. The fourth-order valence-electron chi connectivity index (χ4n) is 5.34. The molecule has 17 heteroatoms. The smallest absolute Gasteiger partial charge is 0.408 e. The van der Waals surface area contributed by atoms with E-state index in [-0.39, 0.29) is 57.2 Å². The number of aliphatic imine (C=N–C) groups is 1. The number of amides is 4. The SMILES string of the molecule is NCCCC[C@H](NC(=O)OCc1ccccc1)C(=O)N[C@@H](Cc1ccc(O)cc1)C(=O)N[C@@H](CCCN=C(N)N)C(=O)N[C@@H](CO)C(=O)OCc1ccccc1. The summed E-state index contributed by atoms with van der Waals surface area (Å²) in [6, 6.07) is 18.6. The molecule has 0 unspecified atom stereocenters. The van der Waals surface area contributed by atoms with Gasteiger partial charge in [-0.1, -0.05) is 72.8 Å². The summed E-state index contributed by atoms with van der Waals surface area (Å²) >= 11 is 0. The first-order valence-corrected chi connectivity index (χ1v) is 18.2. The molecule has 0 saturated heterocycles. The van der Waals surface area contributed by atoms with E-state index in [1.807, 2.05) is 6.07 Å². The number of esters is 1. The molecular weight excluding hydrogens is 724 g/mol. The fraction of sp³-hybridized carbons (Fsp3) is 0.385. The molecule has 0 fully saturated rings. The Balaban J connectivity index is 1.80. The Labute approximate surface area is 325 Å². The van der Waals surface area contributed by atoms with Gasteiger partial charge in [0.05, 0.1) is 6.61 Å². The van der Waals surface area contributed by atoms with Crippen LogP contribution in [0.2, 0.25) is 0 Å². The first kappa shape index (κ1) is 44.2. The number of aliphatic hydroxyl groups is 1. The molecule has 4 amide bonds. The topological polar surface area (TPSA) is 283 Å². The standard InChI is InChI=1S/C39H52N8O9/c40-20-8-7-14-31(47-39(54)56-25-28-12-5-2-6-13-28)35(51)45-32(22-26-16-18-29(49)19-17-26)36(52)44-30(15-9-21-43-38(41)42)34(50)46-33(23-48)37(53)55-24-27-10-3-1-4-11-27/h1-6,10-13,16-19,30-33,48-49H,7-9,14-15,20-25,40H2,(H,44,52)(H,45,51)(H,46,50)(H,47,54)(H4,41,42,43)/t30-,31-,32-,33-/m0/s1. The van der Waals surface area contributed by atoms with Crippen LogP contribution in [-0.4, -0.2) is 89.8 Å². The normalized spacial score (nSPS) is 12.8. The number of carbonyl (C=O) groups excluding carboxylic acids is 5. The summed E-state index contributed by atoms with van der Waals surface area (Å²) in [5.74, 6) is -3.40. The number of aliphatic hydroxyl groups excluding tert-OH is 1. The molecule has 0 heterocycles. The van der Waals surface area contributed by atoms with E-state index >= 15 is 0 Å². The number of phenols is 1. The zero-order valence-electron chi connectivity index (χ0n) is 31.1. The predicted molar refractivity (Wildman–Crippen MR) is 207 cm³/mol.